The second kappa shape index (κ2) is 11.2. The molecule has 0 aliphatic heterocycles. The molecule has 5 nitrogen and oxygen atoms in total. The van der Waals surface area contributed by atoms with Crippen LogP contribution in [0.15, 0.2) is 48.5 Å². The highest BCUT2D eigenvalue weighted by atomic mass is 16.5. The first kappa shape index (κ1) is 23.1. The summed E-state index contributed by atoms with van der Waals surface area (Å²) in [6.07, 6.45) is 17.3. The minimum Gasteiger partial charge on any atom is -0.481 e. The van der Waals surface area contributed by atoms with E-state index in [1.807, 2.05) is 36.4 Å². The SMILES string of the molecule is C#CCOc1ccc(CCc2ccc3cc(C(=O)O)c(OCC#C)cc3c2OCC#C)cc1. The summed E-state index contributed by atoms with van der Waals surface area (Å²) in [6.45, 7) is 0.255. The molecule has 0 radical (unpaired) electrons. The van der Waals surface area contributed by atoms with Gasteiger partial charge in [0.15, 0.2) is 0 Å². The Morgan fingerprint density at radius 2 is 1.48 bits per heavy atom. The number of hydrogen-bond acceptors (Lipinski definition) is 4. The molecule has 1 N–H and O–H groups in total. The van der Waals surface area contributed by atoms with Gasteiger partial charge in [-0.15, -0.1) is 19.3 Å². The number of ether oxygens (including phenoxy) is 3. The molecule has 0 saturated heterocycles. The molecule has 0 amide bonds. The highest BCUT2D eigenvalue weighted by molar-refractivity contribution is 6.00. The number of aromatic carboxylic acids is 1. The fourth-order valence-corrected chi connectivity index (χ4v) is 3.41. The average Bonchev–Trinajstić information content (AvgIpc) is 2.83. The maximum atomic E-state index is 11.7. The zero-order chi connectivity index (χ0) is 23.6. The van der Waals surface area contributed by atoms with Crippen LogP contribution in [0.5, 0.6) is 17.2 Å². The summed E-state index contributed by atoms with van der Waals surface area (Å²) >= 11 is 0. The van der Waals surface area contributed by atoms with Crippen molar-refractivity contribution in [2.75, 3.05) is 19.8 Å². The van der Waals surface area contributed by atoms with Gasteiger partial charge in [-0.25, -0.2) is 4.79 Å². The molecule has 164 valence electrons. The van der Waals surface area contributed by atoms with Crippen LogP contribution in [0.1, 0.15) is 21.5 Å². The number of aryl methyl sites for hydroxylation is 2. The summed E-state index contributed by atoms with van der Waals surface area (Å²) in [5.74, 6) is 7.66. The molecule has 3 rings (SSSR count). The molecule has 0 unspecified atom stereocenters. The number of fused-ring (bicyclic) bond motifs is 1. The summed E-state index contributed by atoms with van der Waals surface area (Å²) in [6, 6.07) is 14.7. The van der Waals surface area contributed by atoms with Gasteiger partial charge in [0, 0.05) is 5.39 Å². The summed E-state index contributed by atoms with van der Waals surface area (Å²) in [5, 5.41) is 11.0. The van der Waals surface area contributed by atoms with E-state index in [-0.39, 0.29) is 31.1 Å². The Hall–Kier alpha value is -4.53. The number of rotatable bonds is 10. The van der Waals surface area contributed by atoms with Crippen LogP contribution >= 0.6 is 0 Å². The highest BCUT2D eigenvalue weighted by Gasteiger charge is 2.17. The number of hydrogen-bond donors (Lipinski definition) is 1. The molecule has 3 aromatic carbocycles. The summed E-state index contributed by atoms with van der Waals surface area (Å²) in [4.78, 5) is 11.7. The Kier molecular flexibility index (Phi) is 7.85. The molecule has 0 aliphatic rings. The van der Waals surface area contributed by atoms with E-state index in [9.17, 15) is 9.90 Å². The zero-order valence-electron chi connectivity index (χ0n) is 18.0. The molecule has 0 aromatic heterocycles. The number of terminal acetylenes is 3. The van der Waals surface area contributed by atoms with Gasteiger partial charge in [0.25, 0.3) is 0 Å². The molecular weight excluding hydrogens is 416 g/mol. The van der Waals surface area contributed by atoms with Gasteiger partial charge >= 0.3 is 5.97 Å². The van der Waals surface area contributed by atoms with Gasteiger partial charge in [0.1, 0.15) is 42.6 Å². The van der Waals surface area contributed by atoms with Crippen molar-refractivity contribution in [1.29, 1.82) is 0 Å². The Balaban J connectivity index is 1.94. The van der Waals surface area contributed by atoms with E-state index < -0.39 is 5.97 Å². The minimum absolute atomic E-state index is 0.0283. The van der Waals surface area contributed by atoms with Crippen molar-refractivity contribution in [3.8, 4) is 54.3 Å². The van der Waals surface area contributed by atoms with E-state index in [4.69, 9.17) is 33.5 Å². The molecule has 0 heterocycles. The minimum atomic E-state index is -1.10. The highest BCUT2D eigenvalue weighted by Crippen LogP contribution is 2.36. The summed E-state index contributed by atoms with van der Waals surface area (Å²) in [7, 11) is 0. The lowest BCUT2D eigenvalue weighted by Gasteiger charge is -2.16. The van der Waals surface area contributed by atoms with Gasteiger partial charge in [-0.3, -0.25) is 0 Å². The van der Waals surface area contributed by atoms with Crippen molar-refractivity contribution < 1.29 is 24.1 Å². The van der Waals surface area contributed by atoms with Crippen LogP contribution in [0.2, 0.25) is 0 Å². The van der Waals surface area contributed by atoms with E-state index >= 15 is 0 Å². The van der Waals surface area contributed by atoms with E-state index in [0.717, 1.165) is 17.5 Å². The fourth-order valence-electron chi connectivity index (χ4n) is 3.41. The Labute approximate surface area is 193 Å². The molecular formula is C28H22O5. The first-order chi connectivity index (χ1) is 16.1. The van der Waals surface area contributed by atoms with Crippen LogP contribution in [-0.2, 0) is 12.8 Å². The molecule has 0 bridgehead atoms. The van der Waals surface area contributed by atoms with E-state index in [1.54, 1.807) is 12.1 Å². The number of carboxylic acid groups (broad SMARTS) is 1. The third-order valence-electron chi connectivity index (χ3n) is 4.92. The van der Waals surface area contributed by atoms with Crippen molar-refractivity contribution in [3.63, 3.8) is 0 Å². The third kappa shape index (κ3) is 5.79. The van der Waals surface area contributed by atoms with Crippen LogP contribution in [0, 0.1) is 37.0 Å². The fraction of sp³-hybridized carbons (Fsp3) is 0.179. The Morgan fingerprint density at radius 1 is 0.818 bits per heavy atom. The lowest BCUT2D eigenvalue weighted by Crippen LogP contribution is -2.05. The topological polar surface area (TPSA) is 65.0 Å². The van der Waals surface area contributed by atoms with Crippen molar-refractivity contribution in [3.05, 3.63) is 65.2 Å². The van der Waals surface area contributed by atoms with Gasteiger partial charge in [0.2, 0.25) is 0 Å². The van der Waals surface area contributed by atoms with Crippen LogP contribution in [0.25, 0.3) is 10.8 Å². The predicted octanol–water partition coefficient (Wildman–Crippen LogP) is 4.36. The van der Waals surface area contributed by atoms with Gasteiger partial charge in [-0.2, -0.15) is 0 Å². The maximum Gasteiger partial charge on any atom is 0.339 e. The molecule has 33 heavy (non-hydrogen) atoms. The molecule has 0 saturated carbocycles. The summed E-state index contributed by atoms with van der Waals surface area (Å²) in [5.41, 5.74) is 2.09. The third-order valence-corrected chi connectivity index (χ3v) is 4.92. The van der Waals surface area contributed by atoms with Crippen LogP contribution in [0.3, 0.4) is 0 Å². The number of carboxylic acids is 1. The van der Waals surface area contributed by atoms with Crippen molar-refractivity contribution in [2.24, 2.45) is 0 Å². The lowest BCUT2D eigenvalue weighted by molar-refractivity contribution is 0.0693. The number of carbonyl (C=O) groups is 1. The van der Waals surface area contributed by atoms with E-state index in [0.29, 0.717) is 28.7 Å². The second-order valence-corrected chi connectivity index (χ2v) is 7.05. The molecule has 5 heteroatoms. The smallest absolute Gasteiger partial charge is 0.339 e. The first-order valence-corrected chi connectivity index (χ1v) is 10.2. The van der Waals surface area contributed by atoms with Gasteiger partial charge in [-0.1, -0.05) is 42.0 Å². The van der Waals surface area contributed by atoms with Crippen molar-refractivity contribution in [1.82, 2.24) is 0 Å². The molecule has 0 spiro atoms. The molecule has 3 aromatic rings. The first-order valence-electron chi connectivity index (χ1n) is 10.2. The predicted molar refractivity (Wildman–Crippen MR) is 128 cm³/mol. The molecule has 0 fully saturated rings. The Morgan fingerprint density at radius 3 is 2.15 bits per heavy atom. The van der Waals surface area contributed by atoms with Gasteiger partial charge in [0.05, 0.1) is 0 Å². The van der Waals surface area contributed by atoms with Crippen molar-refractivity contribution in [2.45, 2.75) is 12.8 Å². The number of benzene rings is 3. The quantitative estimate of drug-likeness (QED) is 0.477. The summed E-state index contributed by atoms with van der Waals surface area (Å²) < 4.78 is 16.8. The maximum absolute atomic E-state index is 11.7. The van der Waals surface area contributed by atoms with Gasteiger partial charge in [-0.05, 0) is 53.6 Å². The van der Waals surface area contributed by atoms with Crippen molar-refractivity contribution >= 4 is 16.7 Å². The largest absolute Gasteiger partial charge is 0.481 e. The molecule has 0 atom stereocenters. The second-order valence-electron chi connectivity index (χ2n) is 7.05. The van der Waals surface area contributed by atoms with Gasteiger partial charge < -0.3 is 19.3 Å². The average molecular weight is 438 g/mol. The van der Waals surface area contributed by atoms with Crippen LogP contribution < -0.4 is 14.2 Å². The van der Waals surface area contributed by atoms with Crippen LogP contribution in [0.4, 0.5) is 0 Å². The zero-order valence-corrected chi connectivity index (χ0v) is 18.0. The van der Waals surface area contributed by atoms with E-state index in [1.165, 1.54) is 0 Å². The standard InChI is InChI=1S/C28H22O5/c1-4-15-31-23-13-8-20(9-14-23)7-10-21-11-12-22-18-25(28(29)30)26(32-16-5-2)19-24(22)27(21)33-17-6-3/h1-3,8-9,11-14,18-19H,7,10,15-17H2,(H,29,30). The monoisotopic (exact) mass is 438 g/mol. The molecule has 0 aliphatic carbocycles. The Bertz CT molecular complexity index is 1270. The van der Waals surface area contributed by atoms with Crippen LogP contribution in [-0.4, -0.2) is 30.9 Å². The normalized spacial score (nSPS) is 9.97. The lowest BCUT2D eigenvalue weighted by atomic mass is 9.98. The van der Waals surface area contributed by atoms with E-state index in [2.05, 4.69) is 17.8 Å².